The highest BCUT2D eigenvalue weighted by Gasteiger charge is 2.36. The first-order valence-electron chi connectivity index (χ1n) is 12.9. The molecule has 202 valence electrons. The topological polar surface area (TPSA) is 108 Å². The molecule has 2 saturated heterocycles. The van der Waals surface area contributed by atoms with Crippen LogP contribution < -0.4 is 4.90 Å². The molecule has 2 atom stereocenters. The zero-order valence-electron chi connectivity index (χ0n) is 21.5. The third-order valence-electron chi connectivity index (χ3n) is 7.71. The first-order chi connectivity index (χ1) is 18.1. The first kappa shape index (κ1) is 27.1. The van der Waals surface area contributed by atoms with Crippen LogP contribution in [-0.2, 0) is 9.84 Å². The number of piperidine rings is 1. The highest BCUT2D eigenvalue weighted by atomic mass is 35.5. The zero-order valence-corrected chi connectivity index (χ0v) is 23.8. The lowest BCUT2D eigenvalue weighted by Crippen LogP contribution is -2.54. The summed E-state index contributed by atoms with van der Waals surface area (Å²) in [6, 6.07) is 7.21. The Morgan fingerprint density at radius 1 is 1.21 bits per heavy atom. The molecule has 38 heavy (non-hydrogen) atoms. The number of fused-ring (bicyclic) bond motifs is 1. The summed E-state index contributed by atoms with van der Waals surface area (Å²) in [6.45, 7) is 6.66. The van der Waals surface area contributed by atoms with Crippen LogP contribution in [0, 0.1) is 23.2 Å². The number of aromatic nitrogens is 4. The molecule has 5 rings (SSSR count). The van der Waals surface area contributed by atoms with E-state index in [1.54, 1.807) is 23.0 Å². The van der Waals surface area contributed by atoms with E-state index in [0.717, 1.165) is 50.5 Å². The lowest BCUT2D eigenvalue weighted by molar-refractivity contribution is 0.120. The van der Waals surface area contributed by atoms with Crippen LogP contribution in [-0.4, -0.2) is 77.8 Å². The van der Waals surface area contributed by atoms with Gasteiger partial charge in [0.15, 0.2) is 11.3 Å². The van der Waals surface area contributed by atoms with Gasteiger partial charge in [0.2, 0.25) is 0 Å². The molecule has 0 spiro atoms. The van der Waals surface area contributed by atoms with Crippen molar-refractivity contribution in [2.45, 2.75) is 32.2 Å². The van der Waals surface area contributed by atoms with Crippen molar-refractivity contribution in [1.82, 2.24) is 24.6 Å². The number of benzene rings is 1. The summed E-state index contributed by atoms with van der Waals surface area (Å²) in [6.07, 6.45) is 6.06. The quantitative estimate of drug-likeness (QED) is 0.393. The van der Waals surface area contributed by atoms with Gasteiger partial charge < -0.3 is 9.80 Å². The van der Waals surface area contributed by atoms with E-state index in [1.165, 1.54) is 12.7 Å². The molecule has 9 nitrogen and oxygen atoms in total. The standard InChI is InChI=1S/C26H31Cl2N7O2S/c1-17(21-7-6-20(27)11-22(21)28)35-26-25(23(12-29)32-35)30-13-24(31-26)34-15-19(16-34)18-5-3-8-33(14-18)9-4-10-38(2,36)37/h6-7,11,13,17-19H,3-5,8-10,14-16H2,1-2H3. The Kier molecular flexibility index (Phi) is 7.83. The Hall–Kier alpha value is -2.45. The van der Waals surface area contributed by atoms with Crippen LogP contribution >= 0.6 is 23.2 Å². The number of nitriles is 1. The van der Waals surface area contributed by atoms with E-state index < -0.39 is 9.84 Å². The molecule has 2 aromatic heterocycles. The Balaban J connectivity index is 1.29. The van der Waals surface area contributed by atoms with Gasteiger partial charge in [0, 0.05) is 35.9 Å². The molecule has 2 aliphatic rings. The molecular formula is C26H31Cl2N7O2S. The minimum Gasteiger partial charge on any atom is -0.355 e. The average Bonchev–Trinajstić information content (AvgIpc) is 3.20. The highest BCUT2D eigenvalue weighted by molar-refractivity contribution is 7.90. The molecular weight excluding hydrogens is 545 g/mol. The van der Waals surface area contributed by atoms with Crippen molar-refractivity contribution < 1.29 is 8.42 Å². The molecule has 0 aliphatic carbocycles. The normalized spacial score (nSPS) is 19.9. The lowest BCUT2D eigenvalue weighted by Gasteiger charge is -2.47. The number of hydrogen-bond donors (Lipinski definition) is 0. The molecule has 0 N–H and O–H groups in total. The molecule has 0 amide bonds. The third kappa shape index (κ3) is 5.76. The monoisotopic (exact) mass is 575 g/mol. The predicted octanol–water partition coefficient (Wildman–Crippen LogP) is 4.20. The van der Waals surface area contributed by atoms with E-state index in [0.29, 0.717) is 39.5 Å². The third-order valence-corrected chi connectivity index (χ3v) is 9.30. The first-order valence-corrected chi connectivity index (χ1v) is 15.7. The minimum absolute atomic E-state index is 0.232. The second-order valence-electron chi connectivity index (χ2n) is 10.5. The second kappa shape index (κ2) is 11.0. The van der Waals surface area contributed by atoms with Gasteiger partial charge in [-0.2, -0.15) is 10.4 Å². The Morgan fingerprint density at radius 3 is 2.71 bits per heavy atom. The van der Waals surface area contributed by atoms with Crippen LogP contribution in [0.3, 0.4) is 0 Å². The Bertz CT molecular complexity index is 1480. The molecule has 2 fully saturated rings. The van der Waals surface area contributed by atoms with Gasteiger partial charge in [-0.15, -0.1) is 0 Å². The maximum Gasteiger partial charge on any atom is 0.190 e. The SMILES string of the molecule is CC(c1ccc(Cl)cc1Cl)n1nc(C#N)c2ncc(N3CC(C4CCCN(CCCS(C)(=O)=O)C4)C3)nc21. The summed E-state index contributed by atoms with van der Waals surface area (Å²) >= 11 is 12.5. The Morgan fingerprint density at radius 2 is 2.00 bits per heavy atom. The minimum atomic E-state index is -2.91. The van der Waals surface area contributed by atoms with Gasteiger partial charge in [-0.25, -0.2) is 23.1 Å². The predicted molar refractivity (Wildman–Crippen MR) is 150 cm³/mol. The van der Waals surface area contributed by atoms with Gasteiger partial charge in [-0.05, 0) is 68.8 Å². The average molecular weight is 577 g/mol. The van der Waals surface area contributed by atoms with E-state index in [4.69, 9.17) is 28.2 Å². The zero-order chi connectivity index (χ0) is 27.0. The van der Waals surface area contributed by atoms with Crippen LogP contribution in [0.2, 0.25) is 10.0 Å². The summed E-state index contributed by atoms with van der Waals surface area (Å²) in [5, 5.41) is 15.2. The molecule has 0 radical (unpaired) electrons. The fourth-order valence-electron chi connectivity index (χ4n) is 5.60. The van der Waals surface area contributed by atoms with Crippen molar-refractivity contribution in [3.05, 3.63) is 45.7 Å². The molecule has 2 aliphatic heterocycles. The van der Waals surface area contributed by atoms with Crippen molar-refractivity contribution in [3.8, 4) is 6.07 Å². The fourth-order valence-corrected chi connectivity index (χ4v) is 6.82. The summed E-state index contributed by atoms with van der Waals surface area (Å²) in [7, 11) is -2.91. The second-order valence-corrected chi connectivity index (χ2v) is 13.6. The lowest BCUT2D eigenvalue weighted by atomic mass is 9.80. The van der Waals surface area contributed by atoms with Crippen molar-refractivity contribution >= 4 is 50.0 Å². The summed E-state index contributed by atoms with van der Waals surface area (Å²) in [5.74, 6) is 2.18. The summed E-state index contributed by atoms with van der Waals surface area (Å²) in [4.78, 5) is 14.1. The van der Waals surface area contributed by atoms with Crippen LogP contribution in [0.25, 0.3) is 11.2 Å². The van der Waals surface area contributed by atoms with E-state index >= 15 is 0 Å². The maximum atomic E-state index is 11.5. The number of likely N-dealkylation sites (tertiary alicyclic amines) is 1. The van der Waals surface area contributed by atoms with Gasteiger partial charge >= 0.3 is 0 Å². The van der Waals surface area contributed by atoms with E-state index in [2.05, 4.69) is 26.0 Å². The number of hydrogen-bond acceptors (Lipinski definition) is 8. The molecule has 0 bridgehead atoms. The maximum absolute atomic E-state index is 11.5. The smallest absolute Gasteiger partial charge is 0.190 e. The van der Waals surface area contributed by atoms with Gasteiger partial charge in [-0.1, -0.05) is 29.3 Å². The number of nitrogens with zero attached hydrogens (tertiary/aromatic N) is 7. The fraction of sp³-hybridized carbons (Fsp3) is 0.538. The highest BCUT2D eigenvalue weighted by Crippen LogP contribution is 2.35. The van der Waals surface area contributed by atoms with Crippen LogP contribution in [0.5, 0.6) is 0 Å². The largest absolute Gasteiger partial charge is 0.355 e. The van der Waals surface area contributed by atoms with Crippen molar-refractivity contribution in [3.63, 3.8) is 0 Å². The molecule has 1 aromatic carbocycles. The number of halogens is 2. The van der Waals surface area contributed by atoms with E-state index in [1.807, 2.05) is 13.0 Å². The van der Waals surface area contributed by atoms with Gasteiger partial charge in [0.05, 0.1) is 18.0 Å². The van der Waals surface area contributed by atoms with Crippen molar-refractivity contribution in [2.75, 3.05) is 49.6 Å². The van der Waals surface area contributed by atoms with Crippen LogP contribution in [0.1, 0.15) is 43.5 Å². The van der Waals surface area contributed by atoms with Crippen molar-refractivity contribution in [2.24, 2.45) is 11.8 Å². The van der Waals surface area contributed by atoms with Crippen LogP contribution in [0.15, 0.2) is 24.4 Å². The Labute approximate surface area is 233 Å². The molecule has 3 aromatic rings. The molecule has 12 heteroatoms. The van der Waals surface area contributed by atoms with E-state index in [-0.39, 0.29) is 17.5 Å². The van der Waals surface area contributed by atoms with Crippen LogP contribution in [0.4, 0.5) is 5.82 Å². The molecule has 4 heterocycles. The van der Waals surface area contributed by atoms with E-state index in [9.17, 15) is 13.7 Å². The summed E-state index contributed by atoms with van der Waals surface area (Å²) in [5.41, 5.74) is 2.09. The van der Waals surface area contributed by atoms with Crippen molar-refractivity contribution in [1.29, 1.82) is 5.26 Å². The number of anilines is 1. The summed E-state index contributed by atoms with van der Waals surface area (Å²) < 4.78 is 24.6. The number of sulfone groups is 1. The van der Waals surface area contributed by atoms with Gasteiger partial charge in [0.1, 0.15) is 27.2 Å². The molecule has 0 saturated carbocycles. The number of rotatable bonds is 8. The van der Waals surface area contributed by atoms with Gasteiger partial charge in [-0.3, -0.25) is 0 Å². The molecule has 2 unspecified atom stereocenters. The van der Waals surface area contributed by atoms with Gasteiger partial charge in [0.25, 0.3) is 0 Å².